The Morgan fingerprint density at radius 1 is 1.16 bits per heavy atom. The van der Waals surface area contributed by atoms with E-state index in [-0.39, 0.29) is 6.04 Å². The van der Waals surface area contributed by atoms with Crippen molar-refractivity contribution in [3.8, 4) is 0 Å². The highest BCUT2D eigenvalue weighted by Gasteiger charge is 2.17. The molecule has 1 atom stereocenters. The lowest BCUT2D eigenvalue weighted by atomic mass is 9.95. The van der Waals surface area contributed by atoms with Crippen LogP contribution in [0, 0.1) is 17.6 Å². The predicted octanol–water partition coefficient (Wildman–Crippen LogP) is 3.31. The number of hydrazine groups is 1. The van der Waals surface area contributed by atoms with Crippen LogP contribution in [0.2, 0.25) is 0 Å². The second kappa shape index (κ2) is 6.96. The molecule has 19 heavy (non-hydrogen) atoms. The highest BCUT2D eigenvalue weighted by molar-refractivity contribution is 5.18. The Hall–Kier alpha value is -1.00. The Bertz CT molecular complexity index is 383. The van der Waals surface area contributed by atoms with Crippen molar-refractivity contribution >= 4 is 0 Å². The molecule has 4 heteroatoms. The fraction of sp³-hybridized carbons (Fsp3) is 0.600. The Morgan fingerprint density at radius 3 is 2.37 bits per heavy atom. The third-order valence-electron chi connectivity index (χ3n) is 4.04. The van der Waals surface area contributed by atoms with Gasteiger partial charge in [-0.25, -0.2) is 8.78 Å². The third-order valence-corrected chi connectivity index (χ3v) is 4.04. The van der Waals surface area contributed by atoms with Crippen LogP contribution in [-0.2, 0) is 6.42 Å². The van der Waals surface area contributed by atoms with Crippen LogP contribution in [0.4, 0.5) is 8.78 Å². The van der Waals surface area contributed by atoms with Crippen molar-refractivity contribution < 1.29 is 8.78 Å². The molecule has 1 unspecified atom stereocenters. The summed E-state index contributed by atoms with van der Waals surface area (Å²) < 4.78 is 26.2. The average Bonchev–Trinajstić information content (AvgIpc) is 2.86. The van der Waals surface area contributed by atoms with E-state index in [0.717, 1.165) is 24.8 Å². The maximum absolute atomic E-state index is 13.1. The summed E-state index contributed by atoms with van der Waals surface area (Å²) in [4.78, 5) is 0. The van der Waals surface area contributed by atoms with Gasteiger partial charge in [-0.05, 0) is 42.9 Å². The van der Waals surface area contributed by atoms with Crippen LogP contribution >= 0.6 is 0 Å². The molecule has 1 aliphatic rings. The molecule has 0 radical (unpaired) electrons. The minimum absolute atomic E-state index is 0.0850. The second-order valence-corrected chi connectivity index (χ2v) is 5.57. The van der Waals surface area contributed by atoms with Gasteiger partial charge in [-0.2, -0.15) is 0 Å². The quantitative estimate of drug-likeness (QED) is 0.613. The van der Waals surface area contributed by atoms with Crippen molar-refractivity contribution in [2.24, 2.45) is 11.8 Å². The first-order valence-electron chi connectivity index (χ1n) is 7.08. The van der Waals surface area contributed by atoms with E-state index >= 15 is 0 Å². The van der Waals surface area contributed by atoms with Crippen LogP contribution < -0.4 is 11.3 Å². The Kier molecular flexibility index (Phi) is 5.28. The molecule has 1 fully saturated rings. The second-order valence-electron chi connectivity index (χ2n) is 5.57. The highest BCUT2D eigenvalue weighted by atomic mass is 19.1. The topological polar surface area (TPSA) is 38.0 Å². The molecular formula is C15H22F2N2. The van der Waals surface area contributed by atoms with Crippen molar-refractivity contribution in [2.75, 3.05) is 0 Å². The zero-order valence-electron chi connectivity index (χ0n) is 11.2. The number of hydrogen-bond acceptors (Lipinski definition) is 2. The summed E-state index contributed by atoms with van der Waals surface area (Å²) in [7, 11) is 0. The Labute approximate surface area is 113 Å². The van der Waals surface area contributed by atoms with E-state index in [2.05, 4.69) is 5.43 Å². The molecule has 3 N–H and O–H groups in total. The van der Waals surface area contributed by atoms with Crippen LogP contribution in [0.25, 0.3) is 0 Å². The third kappa shape index (κ3) is 4.55. The van der Waals surface area contributed by atoms with E-state index in [1.54, 1.807) is 0 Å². The molecule has 106 valence electrons. The molecule has 1 aliphatic carbocycles. The van der Waals surface area contributed by atoms with Gasteiger partial charge < -0.3 is 0 Å². The lowest BCUT2D eigenvalue weighted by Gasteiger charge is -2.18. The molecular weight excluding hydrogens is 246 g/mol. The van der Waals surface area contributed by atoms with Gasteiger partial charge in [0.15, 0.2) is 0 Å². The maximum Gasteiger partial charge on any atom is 0.126 e. The molecule has 1 aromatic carbocycles. The fourth-order valence-corrected chi connectivity index (χ4v) is 2.99. The SMILES string of the molecule is NNC(CCC1CCCC1)Cc1cc(F)cc(F)c1. The van der Waals surface area contributed by atoms with E-state index < -0.39 is 11.6 Å². The molecule has 2 rings (SSSR count). The number of hydrogen-bond donors (Lipinski definition) is 2. The number of rotatable bonds is 6. The molecule has 0 bridgehead atoms. The molecule has 1 aromatic rings. The van der Waals surface area contributed by atoms with Gasteiger partial charge in [0.2, 0.25) is 0 Å². The van der Waals surface area contributed by atoms with Gasteiger partial charge in [0.05, 0.1) is 0 Å². The molecule has 0 aromatic heterocycles. The van der Waals surface area contributed by atoms with Crippen molar-refractivity contribution in [3.05, 3.63) is 35.4 Å². The van der Waals surface area contributed by atoms with Gasteiger partial charge in [0.25, 0.3) is 0 Å². The van der Waals surface area contributed by atoms with E-state index in [9.17, 15) is 8.78 Å². The van der Waals surface area contributed by atoms with E-state index in [1.165, 1.54) is 37.8 Å². The molecule has 0 heterocycles. The number of benzene rings is 1. The molecule has 2 nitrogen and oxygen atoms in total. The van der Waals surface area contributed by atoms with E-state index in [0.29, 0.717) is 12.0 Å². The summed E-state index contributed by atoms with van der Waals surface area (Å²) in [6.45, 7) is 0. The first kappa shape index (κ1) is 14.4. The van der Waals surface area contributed by atoms with Crippen LogP contribution in [0.3, 0.4) is 0 Å². The van der Waals surface area contributed by atoms with Crippen molar-refractivity contribution in [2.45, 2.75) is 51.0 Å². The standard InChI is InChI=1S/C15H22F2N2/c16-13-7-12(8-14(17)10-13)9-15(19-18)6-5-11-3-1-2-4-11/h7-8,10-11,15,19H,1-6,9,18H2. The predicted molar refractivity (Wildman–Crippen MR) is 72.4 cm³/mol. The Balaban J connectivity index is 1.86. The summed E-state index contributed by atoms with van der Waals surface area (Å²) in [5.74, 6) is 5.30. The summed E-state index contributed by atoms with van der Waals surface area (Å²) >= 11 is 0. The van der Waals surface area contributed by atoms with Gasteiger partial charge in [0.1, 0.15) is 11.6 Å². The monoisotopic (exact) mass is 268 g/mol. The lowest BCUT2D eigenvalue weighted by molar-refractivity contribution is 0.406. The Morgan fingerprint density at radius 2 is 1.79 bits per heavy atom. The summed E-state index contributed by atoms with van der Waals surface area (Å²) in [6, 6.07) is 3.74. The van der Waals surface area contributed by atoms with Gasteiger partial charge in [-0.1, -0.05) is 25.7 Å². The van der Waals surface area contributed by atoms with Crippen LogP contribution in [0.1, 0.15) is 44.1 Å². The molecule has 0 spiro atoms. The molecule has 1 saturated carbocycles. The maximum atomic E-state index is 13.1. The van der Waals surface area contributed by atoms with Crippen molar-refractivity contribution in [3.63, 3.8) is 0 Å². The van der Waals surface area contributed by atoms with E-state index in [4.69, 9.17) is 5.84 Å². The average molecular weight is 268 g/mol. The highest BCUT2D eigenvalue weighted by Crippen LogP contribution is 2.29. The summed E-state index contributed by atoms with van der Waals surface area (Å²) in [6.07, 6.45) is 7.96. The van der Waals surface area contributed by atoms with Crippen molar-refractivity contribution in [1.29, 1.82) is 0 Å². The first-order valence-corrected chi connectivity index (χ1v) is 7.08. The van der Waals surface area contributed by atoms with E-state index in [1.807, 2.05) is 0 Å². The number of nitrogens with one attached hydrogen (secondary N) is 1. The largest absolute Gasteiger partial charge is 0.271 e. The fourth-order valence-electron chi connectivity index (χ4n) is 2.99. The van der Waals surface area contributed by atoms with Crippen LogP contribution in [-0.4, -0.2) is 6.04 Å². The minimum Gasteiger partial charge on any atom is -0.271 e. The minimum atomic E-state index is -0.526. The normalized spacial score (nSPS) is 17.8. The van der Waals surface area contributed by atoms with Crippen molar-refractivity contribution in [1.82, 2.24) is 5.43 Å². The molecule has 0 amide bonds. The smallest absolute Gasteiger partial charge is 0.126 e. The van der Waals surface area contributed by atoms with Crippen LogP contribution in [0.15, 0.2) is 18.2 Å². The van der Waals surface area contributed by atoms with Gasteiger partial charge in [0, 0.05) is 12.1 Å². The van der Waals surface area contributed by atoms with Gasteiger partial charge in [-0.3, -0.25) is 11.3 Å². The van der Waals surface area contributed by atoms with Gasteiger partial charge >= 0.3 is 0 Å². The van der Waals surface area contributed by atoms with Crippen LogP contribution in [0.5, 0.6) is 0 Å². The summed E-state index contributed by atoms with van der Waals surface area (Å²) in [5.41, 5.74) is 3.43. The molecule has 0 saturated heterocycles. The number of nitrogens with two attached hydrogens (primary N) is 1. The zero-order chi connectivity index (χ0) is 13.7. The zero-order valence-corrected chi connectivity index (χ0v) is 11.2. The lowest BCUT2D eigenvalue weighted by Crippen LogP contribution is -2.37. The first-order chi connectivity index (χ1) is 9.17. The number of halogens is 2. The summed E-state index contributed by atoms with van der Waals surface area (Å²) in [5, 5.41) is 0. The van der Waals surface area contributed by atoms with Gasteiger partial charge in [-0.15, -0.1) is 0 Å². The molecule has 0 aliphatic heterocycles.